The molecule has 0 spiro atoms. The molecule has 0 saturated heterocycles. The summed E-state index contributed by atoms with van der Waals surface area (Å²) in [6.45, 7) is 1.65. The van der Waals surface area contributed by atoms with Crippen molar-refractivity contribution < 1.29 is 30.3 Å². The Morgan fingerprint density at radius 2 is 1.81 bits per heavy atom. The van der Waals surface area contributed by atoms with Gasteiger partial charge in [0.2, 0.25) is 10.1 Å². The number of carbonyl (C=O) groups excluding carboxylic acids is 1. The molecule has 1 aliphatic rings. The monoisotopic (exact) mass is 272 g/mol. The Bertz CT molecular complexity index is 509. The molecule has 0 bridgehead atoms. The van der Waals surface area contributed by atoms with E-state index >= 15 is 0 Å². The van der Waals surface area contributed by atoms with Crippen LogP contribution in [0.15, 0.2) is 0 Å². The molecule has 0 amide bonds. The van der Waals surface area contributed by atoms with Gasteiger partial charge in [-0.3, -0.25) is 17.7 Å². The van der Waals surface area contributed by atoms with Crippen molar-refractivity contribution in [3.05, 3.63) is 0 Å². The molecule has 9 heteroatoms. The van der Waals surface area contributed by atoms with Crippen LogP contribution in [0.5, 0.6) is 0 Å². The standard InChI is InChI=1S/C7H12O7S2/c1-5(6(2)8)7-15(9,10)13-3-4-14-16(7,11)12/h5H,3-4H2,1-2H3,(H,9,10). The minimum absolute atomic E-state index is 0.331. The smallest absolute Gasteiger partial charge is 0.299 e. The highest BCUT2D eigenvalue weighted by Gasteiger charge is 2.37. The Morgan fingerprint density at radius 1 is 1.31 bits per heavy atom. The van der Waals surface area contributed by atoms with Crippen molar-refractivity contribution in [3.8, 4) is 0 Å². The summed E-state index contributed by atoms with van der Waals surface area (Å²) in [6.07, 6.45) is 0. The van der Waals surface area contributed by atoms with Crippen LogP contribution >= 0.6 is 0 Å². The van der Waals surface area contributed by atoms with Crippen molar-refractivity contribution in [1.29, 1.82) is 0 Å². The van der Waals surface area contributed by atoms with Gasteiger partial charge in [0.1, 0.15) is 5.78 Å². The van der Waals surface area contributed by atoms with Crippen LogP contribution < -0.4 is 0 Å². The zero-order valence-electron chi connectivity index (χ0n) is 8.70. The van der Waals surface area contributed by atoms with Crippen molar-refractivity contribution in [1.82, 2.24) is 0 Å². The zero-order chi connectivity index (χ0) is 12.6. The van der Waals surface area contributed by atoms with Crippen LogP contribution in [0.1, 0.15) is 13.8 Å². The van der Waals surface area contributed by atoms with Crippen LogP contribution in [0.2, 0.25) is 0 Å². The highest BCUT2D eigenvalue weighted by molar-refractivity contribution is 8.18. The van der Waals surface area contributed by atoms with Gasteiger partial charge in [-0.1, -0.05) is 0 Å². The molecule has 7 nitrogen and oxygen atoms in total. The molecule has 1 N–H and O–H groups in total. The lowest BCUT2D eigenvalue weighted by Gasteiger charge is -2.12. The van der Waals surface area contributed by atoms with E-state index < -0.39 is 36.1 Å². The van der Waals surface area contributed by atoms with E-state index in [4.69, 9.17) is 0 Å². The maximum Gasteiger partial charge on any atom is 0.306 e. The summed E-state index contributed by atoms with van der Waals surface area (Å²) in [4.78, 5) is 11.1. The van der Waals surface area contributed by atoms with Gasteiger partial charge in [0, 0.05) is 0 Å². The van der Waals surface area contributed by atoms with Crippen molar-refractivity contribution in [2.75, 3.05) is 13.2 Å². The first-order valence-electron chi connectivity index (χ1n) is 4.36. The fourth-order valence-electron chi connectivity index (χ4n) is 1.14. The Morgan fingerprint density at radius 3 is 2.31 bits per heavy atom. The molecule has 2 atom stereocenters. The highest BCUT2D eigenvalue weighted by atomic mass is 32.3. The first-order valence-corrected chi connectivity index (χ1v) is 7.21. The van der Waals surface area contributed by atoms with Crippen molar-refractivity contribution in [2.45, 2.75) is 13.8 Å². The number of carbonyl (C=O) groups is 1. The van der Waals surface area contributed by atoms with Crippen LogP contribution in [-0.2, 0) is 33.4 Å². The largest absolute Gasteiger partial charge is 0.306 e. The second-order valence-corrected chi connectivity index (χ2v) is 6.69. The van der Waals surface area contributed by atoms with Gasteiger partial charge in [0.05, 0.1) is 19.1 Å². The number of rotatable bonds is 2. The fraction of sp³-hybridized carbons (Fsp3) is 0.714. The van der Waals surface area contributed by atoms with Crippen LogP contribution in [-0.4, -0.2) is 40.4 Å². The van der Waals surface area contributed by atoms with Crippen LogP contribution in [0.4, 0.5) is 0 Å². The molecule has 1 aliphatic heterocycles. The Hall–Kier alpha value is -0.480. The van der Waals surface area contributed by atoms with Gasteiger partial charge >= 0.3 is 10.1 Å². The fourth-order valence-corrected chi connectivity index (χ4v) is 4.49. The second-order valence-electron chi connectivity index (χ2n) is 3.22. The number of hydrogen-bond donors (Lipinski definition) is 1. The summed E-state index contributed by atoms with van der Waals surface area (Å²) in [5, 5.41) is 0. The van der Waals surface area contributed by atoms with Gasteiger partial charge in [-0.25, -0.2) is 4.21 Å². The van der Waals surface area contributed by atoms with Crippen molar-refractivity contribution >= 4 is 30.2 Å². The molecule has 1 heterocycles. The lowest BCUT2D eigenvalue weighted by Crippen LogP contribution is -2.33. The van der Waals surface area contributed by atoms with Gasteiger partial charge in [-0.15, -0.1) is 0 Å². The summed E-state index contributed by atoms with van der Waals surface area (Å²) in [6, 6.07) is 0. The van der Waals surface area contributed by atoms with E-state index in [2.05, 4.69) is 8.37 Å². The molecule has 1 rings (SSSR count). The van der Waals surface area contributed by atoms with E-state index in [0.29, 0.717) is 0 Å². The van der Waals surface area contributed by atoms with E-state index in [9.17, 15) is 22.0 Å². The molecule has 0 aromatic rings. The summed E-state index contributed by atoms with van der Waals surface area (Å²) in [5.74, 6) is -1.81. The topological polar surface area (TPSA) is 107 Å². The molecule has 0 fully saturated rings. The van der Waals surface area contributed by atoms with Crippen molar-refractivity contribution in [3.63, 3.8) is 0 Å². The lowest BCUT2D eigenvalue weighted by atomic mass is 10.1. The molecule has 16 heavy (non-hydrogen) atoms. The third kappa shape index (κ3) is 2.61. The zero-order valence-corrected chi connectivity index (χ0v) is 10.3. The van der Waals surface area contributed by atoms with Gasteiger partial charge in [-0.05, 0) is 13.8 Å². The van der Waals surface area contributed by atoms with Gasteiger partial charge < -0.3 is 0 Å². The van der Waals surface area contributed by atoms with E-state index in [-0.39, 0.29) is 13.2 Å². The summed E-state index contributed by atoms with van der Waals surface area (Å²) < 4.78 is 52.1. The third-order valence-corrected chi connectivity index (χ3v) is 5.94. The van der Waals surface area contributed by atoms with E-state index in [0.717, 1.165) is 6.92 Å². The van der Waals surface area contributed by atoms with E-state index in [1.54, 1.807) is 0 Å². The van der Waals surface area contributed by atoms with Gasteiger partial charge in [0.25, 0.3) is 0 Å². The quantitative estimate of drug-likeness (QED) is 0.527. The van der Waals surface area contributed by atoms with Gasteiger partial charge in [-0.2, -0.15) is 8.42 Å². The molecule has 2 unspecified atom stereocenters. The lowest BCUT2D eigenvalue weighted by molar-refractivity contribution is -0.118. The number of ketones is 1. The molecule has 0 saturated carbocycles. The average Bonchev–Trinajstić information content (AvgIpc) is 2.20. The van der Waals surface area contributed by atoms with E-state index in [1.165, 1.54) is 6.92 Å². The van der Waals surface area contributed by atoms with Crippen molar-refractivity contribution in [2.24, 2.45) is 5.92 Å². The molecule has 0 aromatic heterocycles. The number of Topliss-reactive ketones (excluding diaryl/α,β-unsaturated/α-hetero) is 1. The predicted octanol–water partition coefficient (Wildman–Crippen LogP) is -0.610. The Balaban J connectivity index is 3.51. The summed E-state index contributed by atoms with van der Waals surface area (Å²) in [5.41, 5.74) is 0. The molecule has 0 radical (unpaired) electrons. The summed E-state index contributed by atoms with van der Waals surface area (Å²) in [7, 11) is -8.55. The molecule has 0 aliphatic carbocycles. The summed E-state index contributed by atoms with van der Waals surface area (Å²) >= 11 is 0. The maximum absolute atomic E-state index is 11.6. The average molecular weight is 272 g/mol. The Kier molecular flexibility index (Phi) is 3.75. The molecular formula is C7H12O7S2. The highest BCUT2D eigenvalue weighted by Crippen LogP contribution is 2.16. The molecule has 94 valence electrons. The normalized spacial score (nSPS) is 31.8. The molecule has 0 aromatic carbocycles. The first kappa shape index (κ1) is 13.6. The third-order valence-electron chi connectivity index (χ3n) is 2.03. The molecular weight excluding hydrogens is 260 g/mol. The van der Waals surface area contributed by atoms with Crippen LogP contribution in [0, 0.1) is 5.92 Å². The maximum atomic E-state index is 11.6. The minimum Gasteiger partial charge on any atom is -0.299 e. The second kappa shape index (κ2) is 4.41. The SMILES string of the molecule is CC(=O)C(C)C1=S(=O)(O)OCCOS1(=O)=O. The minimum atomic E-state index is -4.37. The van der Waals surface area contributed by atoms with E-state index in [1.807, 2.05) is 0 Å². The number of hydrogen-bond acceptors (Lipinski definition) is 6. The van der Waals surface area contributed by atoms with Crippen LogP contribution in [0.25, 0.3) is 0 Å². The van der Waals surface area contributed by atoms with Gasteiger partial charge in [0.15, 0.2) is 4.20 Å². The first-order chi connectivity index (χ1) is 7.18. The van der Waals surface area contributed by atoms with Crippen LogP contribution in [0.3, 0.4) is 0 Å². The predicted molar refractivity (Wildman–Crippen MR) is 56.4 cm³/mol. The Labute approximate surface area is 93.9 Å².